The van der Waals surface area contributed by atoms with Crippen LogP contribution in [0.1, 0.15) is 140 Å². The lowest BCUT2D eigenvalue weighted by Crippen LogP contribution is -2.32. The summed E-state index contributed by atoms with van der Waals surface area (Å²) in [5.74, 6) is 2.30. The van der Waals surface area contributed by atoms with Gasteiger partial charge in [-0.05, 0) is 112 Å². The molecule has 1 aromatic rings. The van der Waals surface area contributed by atoms with Gasteiger partial charge in [-0.15, -0.1) is 0 Å². The second-order valence-corrected chi connectivity index (χ2v) is 14.7. The van der Waals surface area contributed by atoms with Crippen molar-refractivity contribution in [3.63, 3.8) is 0 Å². The minimum absolute atomic E-state index is 0.0861. The molecule has 0 aromatic heterocycles. The summed E-state index contributed by atoms with van der Waals surface area (Å²) in [6.07, 6.45) is 17.8. The lowest BCUT2D eigenvalue weighted by atomic mass is 9.69. The van der Waals surface area contributed by atoms with E-state index in [1.165, 1.54) is 63.4 Å². The highest BCUT2D eigenvalue weighted by atomic mass is 16.5. The number of carbonyl (C=O) groups excluding carboxylic acids is 2. The van der Waals surface area contributed by atoms with Gasteiger partial charge in [0.05, 0.1) is 33.0 Å². The van der Waals surface area contributed by atoms with E-state index in [0.29, 0.717) is 69.0 Å². The van der Waals surface area contributed by atoms with Crippen LogP contribution < -0.4 is 4.74 Å². The van der Waals surface area contributed by atoms with Gasteiger partial charge in [0, 0.05) is 16.6 Å². The molecule has 0 radical (unpaired) electrons. The minimum atomic E-state index is -0.583. The van der Waals surface area contributed by atoms with Crippen molar-refractivity contribution in [3.05, 3.63) is 53.1 Å². The maximum absolute atomic E-state index is 12.1. The number of aliphatic hydroxyl groups excluding tert-OH is 2. The van der Waals surface area contributed by atoms with Gasteiger partial charge in [0.2, 0.25) is 0 Å². The van der Waals surface area contributed by atoms with Crippen molar-refractivity contribution < 1.29 is 34.0 Å². The molecule has 0 bridgehead atoms. The van der Waals surface area contributed by atoms with Crippen LogP contribution in [0.25, 0.3) is 0 Å². The van der Waals surface area contributed by atoms with Crippen molar-refractivity contribution in [2.75, 3.05) is 33.0 Å². The Morgan fingerprint density at radius 2 is 1.27 bits per heavy atom. The Bertz CT molecular complexity index is 1110. The maximum Gasteiger partial charge on any atom is 0.333 e. The quantitative estimate of drug-likeness (QED) is 0.0769. The van der Waals surface area contributed by atoms with Crippen LogP contribution in [0.3, 0.4) is 0 Å². The molecule has 0 heterocycles. The van der Waals surface area contributed by atoms with Crippen molar-refractivity contribution >= 4 is 11.9 Å². The smallest absolute Gasteiger partial charge is 0.333 e. The van der Waals surface area contributed by atoms with E-state index in [0.717, 1.165) is 48.0 Å². The Morgan fingerprint density at radius 1 is 0.750 bits per heavy atom. The van der Waals surface area contributed by atoms with Gasteiger partial charge in [0.1, 0.15) is 5.75 Å². The van der Waals surface area contributed by atoms with Crippen LogP contribution in [-0.4, -0.2) is 55.2 Å². The summed E-state index contributed by atoms with van der Waals surface area (Å²) in [6, 6.07) is 4.63. The predicted octanol–water partition coefficient (Wildman–Crippen LogP) is 8.57. The fourth-order valence-electron chi connectivity index (χ4n) is 7.62. The molecule has 2 fully saturated rings. The lowest BCUT2D eigenvalue weighted by molar-refractivity contribution is -0.139. The molecule has 48 heavy (non-hydrogen) atoms. The molecule has 270 valence electrons. The number of hydrogen-bond acceptors (Lipinski definition) is 7. The predicted molar refractivity (Wildman–Crippen MR) is 192 cm³/mol. The molecule has 0 saturated heterocycles. The van der Waals surface area contributed by atoms with Gasteiger partial charge >= 0.3 is 11.9 Å². The maximum atomic E-state index is 12.1. The fourth-order valence-corrected chi connectivity index (χ4v) is 7.62. The van der Waals surface area contributed by atoms with Gasteiger partial charge < -0.3 is 24.4 Å². The zero-order valence-electron chi connectivity index (χ0n) is 30.3. The van der Waals surface area contributed by atoms with E-state index >= 15 is 0 Å². The summed E-state index contributed by atoms with van der Waals surface area (Å²) in [7, 11) is 0. The van der Waals surface area contributed by atoms with Gasteiger partial charge in [-0.2, -0.15) is 0 Å². The van der Waals surface area contributed by atoms with Crippen LogP contribution in [0.15, 0.2) is 36.4 Å². The molecule has 0 amide bonds. The van der Waals surface area contributed by atoms with E-state index in [9.17, 15) is 19.8 Å². The first-order valence-electron chi connectivity index (χ1n) is 18.8. The highest BCUT2D eigenvalue weighted by Gasteiger charge is 2.31. The Labute approximate surface area is 290 Å². The lowest BCUT2D eigenvalue weighted by Gasteiger charge is -2.36. The third-order valence-corrected chi connectivity index (χ3v) is 10.8. The number of esters is 2. The largest absolute Gasteiger partial charge is 0.493 e. The van der Waals surface area contributed by atoms with E-state index in [1.807, 2.05) is 0 Å². The minimum Gasteiger partial charge on any atom is -0.493 e. The zero-order valence-corrected chi connectivity index (χ0v) is 30.3. The van der Waals surface area contributed by atoms with Gasteiger partial charge in [-0.1, -0.05) is 77.2 Å². The van der Waals surface area contributed by atoms with E-state index < -0.39 is 5.41 Å². The van der Waals surface area contributed by atoms with Crippen LogP contribution in [0.5, 0.6) is 5.75 Å². The van der Waals surface area contributed by atoms with Crippen molar-refractivity contribution in [2.45, 2.75) is 136 Å². The average molecular weight is 669 g/mol. The Balaban J connectivity index is 1.86. The van der Waals surface area contributed by atoms with Crippen molar-refractivity contribution in [2.24, 2.45) is 17.3 Å². The molecular formula is C41H64O7. The third kappa shape index (κ3) is 12.4. The number of aliphatic hydroxyl groups is 2. The summed E-state index contributed by atoms with van der Waals surface area (Å²) in [6.45, 7) is 13.6. The highest BCUT2D eigenvalue weighted by Crippen LogP contribution is 2.44. The molecule has 2 aliphatic carbocycles. The van der Waals surface area contributed by atoms with Crippen molar-refractivity contribution in [1.29, 1.82) is 0 Å². The second-order valence-electron chi connectivity index (χ2n) is 14.7. The first kappa shape index (κ1) is 39.8. The molecule has 7 heteroatoms. The second kappa shape index (κ2) is 20.8. The van der Waals surface area contributed by atoms with Crippen LogP contribution in [0.2, 0.25) is 0 Å². The zero-order chi connectivity index (χ0) is 34.9. The summed E-state index contributed by atoms with van der Waals surface area (Å²) >= 11 is 0. The van der Waals surface area contributed by atoms with E-state index in [4.69, 9.17) is 14.2 Å². The molecule has 0 atom stereocenters. The Hall–Kier alpha value is -2.64. The summed E-state index contributed by atoms with van der Waals surface area (Å²) < 4.78 is 17.5. The number of ether oxygens (including phenoxy) is 3. The Morgan fingerprint density at radius 3 is 1.75 bits per heavy atom. The van der Waals surface area contributed by atoms with Gasteiger partial charge in [0.15, 0.2) is 0 Å². The van der Waals surface area contributed by atoms with Crippen LogP contribution in [-0.2, 0) is 31.9 Å². The molecule has 0 spiro atoms. The molecular weight excluding hydrogens is 604 g/mol. The SMILES string of the molecule is C=C(C)C(=O)OCCCc1cc(C2CCC(C3CCCCC3)CC2)cc(CCCOC(=O)C(=C)C)c1OCCC(CO)(CO)CCCC. The van der Waals surface area contributed by atoms with Gasteiger partial charge in [-0.3, -0.25) is 0 Å². The molecule has 0 aliphatic heterocycles. The van der Waals surface area contributed by atoms with Crippen LogP contribution in [0, 0.1) is 17.3 Å². The number of benzene rings is 1. The van der Waals surface area contributed by atoms with E-state index in [2.05, 4.69) is 32.2 Å². The third-order valence-electron chi connectivity index (χ3n) is 10.8. The normalized spacial score (nSPS) is 18.7. The summed E-state index contributed by atoms with van der Waals surface area (Å²) in [5, 5.41) is 20.5. The van der Waals surface area contributed by atoms with Crippen molar-refractivity contribution in [3.8, 4) is 5.75 Å². The average Bonchev–Trinajstić information content (AvgIpc) is 3.10. The number of rotatable bonds is 21. The molecule has 0 unspecified atom stereocenters. The standard InChI is InChI=1S/C41H64O7/c1-6-7-21-41(28-42,29-43)22-25-46-38-35(15-11-23-47-39(44)30(2)3)26-37(27-36(38)16-12-24-48-40(45)31(4)5)34-19-17-33(18-20-34)32-13-9-8-10-14-32/h26-27,32-34,42-43H,2,4,6-25,28-29H2,1,3,5H3. The highest BCUT2D eigenvalue weighted by molar-refractivity contribution is 5.87. The molecule has 2 saturated carbocycles. The number of unbranched alkanes of at least 4 members (excludes halogenated alkanes) is 1. The number of hydrogen-bond donors (Lipinski definition) is 2. The van der Waals surface area contributed by atoms with E-state index in [1.54, 1.807) is 13.8 Å². The number of carbonyl (C=O) groups is 2. The van der Waals surface area contributed by atoms with Crippen molar-refractivity contribution in [1.82, 2.24) is 0 Å². The van der Waals surface area contributed by atoms with Gasteiger partial charge in [-0.25, -0.2) is 9.59 Å². The molecule has 1 aromatic carbocycles. The fraction of sp³-hybridized carbons (Fsp3) is 0.707. The monoisotopic (exact) mass is 668 g/mol. The van der Waals surface area contributed by atoms with Crippen LogP contribution >= 0.6 is 0 Å². The molecule has 2 aliphatic rings. The number of aryl methyl sites for hydroxylation is 2. The first-order valence-corrected chi connectivity index (χ1v) is 18.8. The molecule has 2 N–H and O–H groups in total. The van der Waals surface area contributed by atoms with E-state index in [-0.39, 0.29) is 25.2 Å². The van der Waals surface area contributed by atoms with Crippen LogP contribution in [0.4, 0.5) is 0 Å². The summed E-state index contributed by atoms with van der Waals surface area (Å²) in [4.78, 5) is 24.1. The molecule has 3 rings (SSSR count). The van der Waals surface area contributed by atoms with Gasteiger partial charge in [0.25, 0.3) is 0 Å². The Kier molecular flexibility index (Phi) is 17.2. The molecule has 7 nitrogen and oxygen atoms in total. The summed E-state index contributed by atoms with van der Waals surface area (Å²) in [5.41, 5.74) is 3.72. The first-order chi connectivity index (χ1) is 23.1. The topological polar surface area (TPSA) is 102 Å².